The maximum absolute atomic E-state index is 5.99. The zero-order valence-corrected chi connectivity index (χ0v) is 13.9. The molecule has 0 aliphatic heterocycles. The molecule has 2 aromatic heterocycles. The Labute approximate surface area is 146 Å². The van der Waals surface area contributed by atoms with Crippen LogP contribution in [0.3, 0.4) is 0 Å². The molecule has 0 fully saturated rings. The topological polar surface area (TPSA) is 35.8 Å². The van der Waals surface area contributed by atoms with Gasteiger partial charge in [-0.15, -0.1) is 0 Å². The monoisotopic (exact) mass is 330 g/mol. The van der Waals surface area contributed by atoms with Crippen LogP contribution < -0.4 is 9.47 Å². The zero-order chi connectivity index (χ0) is 17.1. The largest absolute Gasteiger partial charge is 0.493 e. The fraction of sp³-hybridized carbons (Fsp3) is 0.0952. The Morgan fingerprint density at radius 3 is 2.56 bits per heavy atom. The number of aromatic nitrogens is 2. The highest BCUT2D eigenvalue weighted by molar-refractivity contribution is 5.66. The third-order valence-electron chi connectivity index (χ3n) is 4.06. The van der Waals surface area contributed by atoms with Crippen molar-refractivity contribution in [3.8, 4) is 22.8 Å². The maximum atomic E-state index is 5.99. The fourth-order valence-corrected chi connectivity index (χ4v) is 2.76. The molecule has 0 aliphatic rings. The first-order valence-electron chi connectivity index (χ1n) is 8.12. The molecule has 0 N–H and O–H groups in total. The highest BCUT2D eigenvalue weighted by atomic mass is 16.5. The smallest absolute Gasteiger partial charge is 0.162 e. The summed E-state index contributed by atoms with van der Waals surface area (Å²) in [7, 11) is 1.65. The van der Waals surface area contributed by atoms with E-state index < -0.39 is 0 Å². The summed E-state index contributed by atoms with van der Waals surface area (Å²) in [4.78, 5) is 4.66. The lowest BCUT2D eigenvalue weighted by Crippen LogP contribution is -1.98. The van der Waals surface area contributed by atoms with Gasteiger partial charge in [-0.1, -0.05) is 36.4 Å². The van der Waals surface area contributed by atoms with Crippen LogP contribution in [0, 0.1) is 0 Å². The van der Waals surface area contributed by atoms with Gasteiger partial charge in [0.25, 0.3) is 0 Å². The number of rotatable bonds is 5. The predicted molar refractivity (Wildman–Crippen MR) is 98.0 cm³/mol. The normalized spacial score (nSPS) is 10.8. The average molecular weight is 330 g/mol. The molecule has 2 aromatic carbocycles. The van der Waals surface area contributed by atoms with Crippen LogP contribution in [0.5, 0.6) is 11.5 Å². The molecule has 0 spiro atoms. The molecule has 4 rings (SSSR count). The molecule has 0 amide bonds. The van der Waals surface area contributed by atoms with Gasteiger partial charge in [-0.3, -0.25) is 0 Å². The van der Waals surface area contributed by atoms with E-state index in [1.165, 1.54) is 0 Å². The molecule has 0 bridgehead atoms. The van der Waals surface area contributed by atoms with Crippen LogP contribution >= 0.6 is 0 Å². The summed E-state index contributed by atoms with van der Waals surface area (Å²) in [5.41, 5.74) is 3.92. The van der Waals surface area contributed by atoms with Gasteiger partial charge in [0.05, 0.1) is 12.8 Å². The Kier molecular flexibility index (Phi) is 4.09. The van der Waals surface area contributed by atoms with Gasteiger partial charge < -0.3 is 13.9 Å². The molecule has 0 aliphatic carbocycles. The van der Waals surface area contributed by atoms with Gasteiger partial charge in [-0.05, 0) is 35.9 Å². The quantitative estimate of drug-likeness (QED) is 0.537. The molecule has 4 heteroatoms. The van der Waals surface area contributed by atoms with Crippen molar-refractivity contribution in [3.63, 3.8) is 0 Å². The molecular formula is C21H18N2O2. The predicted octanol–water partition coefficient (Wildman–Crippen LogP) is 4.59. The molecular weight excluding hydrogens is 312 g/mol. The first kappa shape index (κ1) is 15.3. The highest BCUT2D eigenvalue weighted by Gasteiger charge is 2.10. The summed E-state index contributed by atoms with van der Waals surface area (Å²) in [6, 6.07) is 21.9. The zero-order valence-electron chi connectivity index (χ0n) is 13.9. The van der Waals surface area contributed by atoms with Crippen LogP contribution in [-0.4, -0.2) is 16.5 Å². The summed E-state index contributed by atoms with van der Waals surface area (Å²) in [6.07, 6.45) is 4.00. The van der Waals surface area contributed by atoms with Crippen LogP contribution in [0.4, 0.5) is 0 Å². The van der Waals surface area contributed by atoms with E-state index in [4.69, 9.17) is 9.47 Å². The standard InChI is InChI=1S/C21H18N2O2/c1-24-19-11-10-17(18-14-23-12-6-5-9-21(23)22-18)13-20(19)25-15-16-7-3-2-4-8-16/h2-14H,15H2,1H3. The van der Waals surface area contributed by atoms with Crippen molar-refractivity contribution in [1.29, 1.82) is 0 Å². The van der Waals surface area contributed by atoms with Crippen molar-refractivity contribution < 1.29 is 9.47 Å². The number of pyridine rings is 1. The number of methoxy groups -OCH3 is 1. The van der Waals surface area contributed by atoms with Crippen molar-refractivity contribution in [1.82, 2.24) is 9.38 Å². The number of benzene rings is 2. The molecule has 0 atom stereocenters. The Hall–Kier alpha value is -3.27. The Bertz CT molecular complexity index is 960. The lowest BCUT2D eigenvalue weighted by Gasteiger charge is -2.12. The Morgan fingerprint density at radius 2 is 1.76 bits per heavy atom. The van der Waals surface area contributed by atoms with Gasteiger partial charge >= 0.3 is 0 Å². The SMILES string of the molecule is COc1ccc(-c2cn3ccccc3n2)cc1OCc1ccccc1. The van der Waals surface area contributed by atoms with Crippen molar-refractivity contribution in [2.75, 3.05) is 7.11 Å². The average Bonchev–Trinajstić information content (AvgIpc) is 3.11. The third-order valence-corrected chi connectivity index (χ3v) is 4.06. The van der Waals surface area contributed by atoms with Crippen molar-refractivity contribution >= 4 is 5.65 Å². The molecule has 25 heavy (non-hydrogen) atoms. The Balaban J connectivity index is 1.65. The second-order valence-electron chi connectivity index (χ2n) is 5.73. The molecule has 124 valence electrons. The maximum Gasteiger partial charge on any atom is 0.162 e. The lowest BCUT2D eigenvalue weighted by atomic mass is 10.1. The van der Waals surface area contributed by atoms with E-state index in [-0.39, 0.29) is 0 Å². The van der Waals surface area contributed by atoms with Crippen LogP contribution in [0.15, 0.2) is 79.1 Å². The summed E-state index contributed by atoms with van der Waals surface area (Å²) in [6.45, 7) is 0.492. The summed E-state index contributed by atoms with van der Waals surface area (Å²) in [5.74, 6) is 1.42. The number of imidazole rings is 1. The second-order valence-corrected chi connectivity index (χ2v) is 5.73. The van der Waals surface area contributed by atoms with Gasteiger partial charge in [0.15, 0.2) is 11.5 Å². The fourth-order valence-electron chi connectivity index (χ4n) is 2.76. The van der Waals surface area contributed by atoms with Crippen molar-refractivity contribution in [3.05, 3.63) is 84.7 Å². The van der Waals surface area contributed by atoms with E-state index in [1.807, 2.05) is 83.5 Å². The van der Waals surface area contributed by atoms with E-state index >= 15 is 0 Å². The lowest BCUT2D eigenvalue weighted by molar-refractivity contribution is 0.284. The number of hydrogen-bond acceptors (Lipinski definition) is 3. The van der Waals surface area contributed by atoms with E-state index in [0.29, 0.717) is 18.1 Å². The van der Waals surface area contributed by atoms with Crippen LogP contribution in [0.1, 0.15) is 5.56 Å². The minimum absolute atomic E-state index is 0.492. The van der Waals surface area contributed by atoms with Crippen LogP contribution in [0.2, 0.25) is 0 Å². The first-order valence-corrected chi connectivity index (χ1v) is 8.12. The minimum Gasteiger partial charge on any atom is -0.493 e. The van der Waals surface area contributed by atoms with E-state index in [0.717, 1.165) is 22.5 Å². The van der Waals surface area contributed by atoms with E-state index in [1.54, 1.807) is 7.11 Å². The second kappa shape index (κ2) is 6.69. The number of fused-ring (bicyclic) bond motifs is 1. The molecule has 0 saturated carbocycles. The van der Waals surface area contributed by atoms with Gasteiger partial charge in [0.1, 0.15) is 12.3 Å². The molecule has 2 heterocycles. The molecule has 0 saturated heterocycles. The van der Waals surface area contributed by atoms with Gasteiger partial charge in [-0.25, -0.2) is 4.98 Å². The van der Waals surface area contributed by atoms with Gasteiger partial charge in [0, 0.05) is 18.0 Å². The molecule has 0 unspecified atom stereocenters. The minimum atomic E-state index is 0.492. The highest BCUT2D eigenvalue weighted by Crippen LogP contribution is 2.32. The van der Waals surface area contributed by atoms with E-state index in [2.05, 4.69) is 4.98 Å². The van der Waals surface area contributed by atoms with Crippen LogP contribution in [-0.2, 0) is 6.61 Å². The van der Waals surface area contributed by atoms with Gasteiger partial charge in [0.2, 0.25) is 0 Å². The van der Waals surface area contributed by atoms with Crippen molar-refractivity contribution in [2.45, 2.75) is 6.61 Å². The van der Waals surface area contributed by atoms with E-state index in [9.17, 15) is 0 Å². The molecule has 0 radical (unpaired) electrons. The Morgan fingerprint density at radius 1 is 0.920 bits per heavy atom. The van der Waals surface area contributed by atoms with Crippen molar-refractivity contribution in [2.24, 2.45) is 0 Å². The molecule has 4 aromatic rings. The first-order chi connectivity index (χ1) is 12.3. The van der Waals surface area contributed by atoms with Crippen LogP contribution in [0.25, 0.3) is 16.9 Å². The summed E-state index contributed by atoms with van der Waals surface area (Å²) < 4.78 is 13.4. The van der Waals surface area contributed by atoms with Gasteiger partial charge in [-0.2, -0.15) is 0 Å². The molecule has 4 nitrogen and oxygen atoms in total. The number of hydrogen-bond donors (Lipinski definition) is 0. The number of nitrogens with zero attached hydrogens (tertiary/aromatic N) is 2. The summed E-state index contributed by atoms with van der Waals surface area (Å²) >= 11 is 0. The number of ether oxygens (including phenoxy) is 2. The third kappa shape index (κ3) is 3.19. The summed E-state index contributed by atoms with van der Waals surface area (Å²) in [5, 5.41) is 0.